The van der Waals surface area contributed by atoms with Crippen molar-refractivity contribution in [1.29, 1.82) is 0 Å². The Hall–Kier alpha value is -5.69. The molecule has 0 aliphatic carbocycles. The average Bonchev–Trinajstić information content (AvgIpc) is 3.05. The lowest BCUT2D eigenvalue weighted by Gasteiger charge is -2.25. The fraction of sp³-hybridized carbons (Fsp3) is 0.171. The first-order valence-corrected chi connectivity index (χ1v) is 14.7. The van der Waals surface area contributed by atoms with Gasteiger partial charge in [0.05, 0.1) is 23.2 Å². The zero-order chi connectivity index (χ0) is 36.1. The molecule has 254 valence electrons. The minimum Gasteiger partial charge on any atom is -0.480 e. The summed E-state index contributed by atoms with van der Waals surface area (Å²) in [6, 6.07) is 20.0. The largest absolute Gasteiger partial charge is 0.480 e. The standard InChI is InChI=1S/C35H28ClF3N2O8/c1-41(2)31(44)25-17-20(18-29(42)49-19-34(32(45)46,33(47)48)26-9-5-6-10-27(26)36)11-16-28(25)40-30(43)24-8-4-3-7-23(24)21-12-14-22(15-13-21)35(37,38)39/h3-17H,18-19H2,1-2H3,(H,40,43)(H,45,46)(H,47,48). The fourth-order valence-electron chi connectivity index (χ4n) is 4.93. The normalized spacial score (nSPS) is 11.4. The van der Waals surface area contributed by atoms with Crippen molar-refractivity contribution in [2.24, 2.45) is 0 Å². The van der Waals surface area contributed by atoms with Crippen LogP contribution in [0.2, 0.25) is 5.02 Å². The smallest absolute Gasteiger partial charge is 0.416 e. The summed E-state index contributed by atoms with van der Waals surface area (Å²) in [4.78, 5) is 65.1. The van der Waals surface area contributed by atoms with Gasteiger partial charge < -0.3 is 25.2 Å². The second-order valence-electron chi connectivity index (χ2n) is 11.0. The highest BCUT2D eigenvalue weighted by atomic mass is 35.5. The number of alkyl halides is 3. The number of amides is 2. The molecule has 0 spiro atoms. The van der Waals surface area contributed by atoms with E-state index in [1.807, 2.05) is 0 Å². The number of carboxylic acid groups (broad SMARTS) is 2. The Balaban J connectivity index is 1.58. The number of rotatable bonds is 11. The summed E-state index contributed by atoms with van der Waals surface area (Å²) < 4.78 is 44.4. The maximum absolute atomic E-state index is 13.5. The molecule has 0 aliphatic rings. The highest BCUT2D eigenvalue weighted by Crippen LogP contribution is 2.34. The Morgan fingerprint density at radius 1 is 0.816 bits per heavy atom. The minimum atomic E-state index is -4.54. The Labute approximate surface area is 282 Å². The summed E-state index contributed by atoms with van der Waals surface area (Å²) in [5.74, 6) is -5.85. The third-order valence-electron chi connectivity index (χ3n) is 7.53. The SMILES string of the molecule is CN(C)C(=O)c1cc(CC(=O)OCC(C(=O)O)(C(=O)O)c2ccccc2Cl)ccc1NC(=O)c1ccccc1-c1ccc(C(F)(F)F)cc1. The maximum atomic E-state index is 13.5. The van der Waals surface area contributed by atoms with Crippen LogP contribution >= 0.6 is 11.6 Å². The van der Waals surface area contributed by atoms with Crippen molar-refractivity contribution in [1.82, 2.24) is 4.90 Å². The molecule has 14 heteroatoms. The van der Waals surface area contributed by atoms with E-state index in [0.29, 0.717) is 11.1 Å². The first-order chi connectivity index (χ1) is 23.1. The lowest BCUT2D eigenvalue weighted by Crippen LogP contribution is -2.48. The van der Waals surface area contributed by atoms with Crippen LogP contribution in [0.1, 0.15) is 37.4 Å². The van der Waals surface area contributed by atoms with E-state index in [2.05, 4.69) is 5.32 Å². The van der Waals surface area contributed by atoms with E-state index < -0.39 is 59.9 Å². The Morgan fingerprint density at radius 2 is 1.43 bits per heavy atom. The number of hydrogen-bond acceptors (Lipinski definition) is 6. The molecule has 0 heterocycles. The number of nitrogens with one attached hydrogen (secondary N) is 1. The Bertz CT molecular complexity index is 1910. The Morgan fingerprint density at radius 3 is 2.02 bits per heavy atom. The second kappa shape index (κ2) is 14.6. The van der Waals surface area contributed by atoms with Crippen molar-refractivity contribution in [2.75, 3.05) is 26.0 Å². The number of nitrogens with zero attached hydrogens (tertiary/aromatic N) is 1. The zero-order valence-corrected chi connectivity index (χ0v) is 26.6. The molecule has 4 aromatic carbocycles. The van der Waals surface area contributed by atoms with Crippen LogP contribution in [0.15, 0.2) is 91.0 Å². The molecular formula is C35H28ClF3N2O8. The van der Waals surface area contributed by atoms with E-state index in [0.717, 1.165) is 12.1 Å². The van der Waals surface area contributed by atoms with E-state index in [1.165, 1.54) is 79.7 Å². The van der Waals surface area contributed by atoms with Crippen LogP contribution in [-0.4, -0.2) is 65.5 Å². The summed E-state index contributed by atoms with van der Waals surface area (Å²) in [6.45, 7) is -1.09. The van der Waals surface area contributed by atoms with Gasteiger partial charge in [0.25, 0.3) is 11.8 Å². The summed E-state index contributed by atoms with van der Waals surface area (Å²) in [7, 11) is 2.92. The summed E-state index contributed by atoms with van der Waals surface area (Å²) in [5.41, 5.74) is -2.81. The molecular weight excluding hydrogens is 669 g/mol. The number of esters is 1. The lowest BCUT2D eigenvalue weighted by atomic mass is 9.81. The van der Waals surface area contributed by atoms with Gasteiger partial charge in [-0.05, 0) is 53.1 Å². The molecule has 4 rings (SSSR count). The highest BCUT2D eigenvalue weighted by Gasteiger charge is 2.51. The van der Waals surface area contributed by atoms with Crippen molar-refractivity contribution >= 4 is 47.0 Å². The number of carbonyl (C=O) groups is 5. The predicted molar refractivity (Wildman–Crippen MR) is 172 cm³/mol. The van der Waals surface area contributed by atoms with Crippen LogP contribution in [0.25, 0.3) is 11.1 Å². The molecule has 0 atom stereocenters. The third-order valence-corrected chi connectivity index (χ3v) is 7.86. The molecule has 0 aliphatic heterocycles. The quantitative estimate of drug-likeness (QED) is 0.124. The number of halogens is 4. The molecule has 0 fully saturated rings. The van der Waals surface area contributed by atoms with Gasteiger partial charge in [0, 0.05) is 30.2 Å². The van der Waals surface area contributed by atoms with Crippen LogP contribution in [0, 0.1) is 0 Å². The first kappa shape index (κ1) is 36.2. The van der Waals surface area contributed by atoms with Crippen LogP contribution in [0.4, 0.5) is 18.9 Å². The van der Waals surface area contributed by atoms with E-state index in [-0.39, 0.29) is 33.0 Å². The van der Waals surface area contributed by atoms with Crippen LogP contribution < -0.4 is 5.32 Å². The topological polar surface area (TPSA) is 150 Å². The first-order valence-electron chi connectivity index (χ1n) is 14.4. The monoisotopic (exact) mass is 696 g/mol. The number of carbonyl (C=O) groups excluding carboxylic acids is 3. The zero-order valence-electron chi connectivity index (χ0n) is 25.9. The number of ether oxygens (including phenoxy) is 1. The molecule has 0 saturated heterocycles. The summed E-state index contributed by atoms with van der Waals surface area (Å²) in [6.07, 6.45) is -5.04. The molecule has 0 saturated carbocycles. The molecule has 4 aromatic rings. The number of benzene rings is 4. The van der Waals surface area contributed by atoms with E-state index >= 15 is 0 Å². The number of anilines is 1. The average molecular weight is 697 g/mol. The maximum Gasteiger partial charge on any atom is 0.416 e. The van der Waals surface area contributed by atoms with Crippen LogP contribution in [-0.2, 0) is 37.1 Å². The molecule has 0 bridgehead atoms. The summed E-state index contributed by atoms with van der Waals surface area (Å²) >= 11 is 6.09. The molecule has 0 aromatic heterocycles. The molecule has 3 N–H and O–H groups in total. The van der Waals surface area contributed by atoms with Gasteiger partial charge >= 0.3 is 24.1 Å². The molecule has 0 radical (unpaired) electrons. The lowest BCUT2D eigenvalue weighted by molar-refractivity contribution is -0.164. The fourth-order valence-corrected chi connectivity index (χ4v) is 5.22. The molecule has 49 heavy (non-hydrogen) atoms. The van der Waals surface area contributed by atoms with Gasteiger partial charge in [0.1, 0.15) is 6.61 Å². The van der Waals surface area contributed by atoms with E-state index in [4.69, 9.17) is 16.3 Å². The number of carboxylic acids is 2. The van der Waals surface area contributed by atoms with Gasteiger partial charge in [-0.25, -0.2) is 0 Å². The Kier molecular flexibility index (Phi) is 10.8. The number of aliphatic carboxylic acids is 2. The predicted octanol–water partition coefficient (Wildman–Crippen LogP) is 6.17. The minimum absolute atomic E-state index is 0.0304. The van der Waals surface area contributed by atoms with Gasteiger partial charge in [0.15, 0.2) is 0 Å². The van der Waals surface area contributed by atoms with Crippen molar-refractivity contribution in [3.8, 4) is 11.1 Å². The van der Waals surface area contributed by atoms with E-state index in [1.54, 1.807) is 18.2 Å². The van der Waals surface area contributed by atoms with Gasteiger partial charge in [-0.2, -0.15) is 13.2 Å². The van der Waals surface area contributed by atoms with Crippen molar-refractivity contribution in [3.63, 3.8) is 0 Å². The third kappa shape index (κ3) is 7.90. The molecule has 2 amide bonds. The highest BCUT2D eigenvalue weighted by molar-refractivity contribution is 6.32. The van der Waals surface area contributed by atoms with Gasteiger partial charge in [0.2, 0.25) is 5.41 Å². The van der Waals surface area contributed by atoms with Crippen molar-refractivity contribution < 1.29 is 52.1 Å². The van der Waals surface area contributed by atoms with Crippen LogP contribution in [0.3, 0.4) is 0 Å². The van der Waals surface area contributed by atoms with Gasteiger partial charge in [-0.15, -0.1) is 0 Å². The molecule has 10 nitrogen and oxygen atoms in total. The second-order valence-corrected chi connectivity index (χ2v) is 11.4. The van der Waals surface area contributed by atoms with Gasteiger partial charge in [-0.1, -0.05) is 66.2 Å². The van der Waals surface area contributed by atoms with Gasteiger partial charge in [-0.3, -0.25) is 24.0 Å². The van der Waals surface area contributed by atoms with Crippen molar-refractivity contribution in [3.05, 3.63) is 124 Å². The summed E-state index contributed by atoms with van der Waals surface area (Å²) in [5, 5.41) is 22.3. The van der Waals surface area contributed by atoms with Crippen molar-refractivity contribution in [2.45, 2.75) is 18.0 Å². The van der Waals surface area contributed by atoms with Crippen LogP contribution in [0.5, 0.6) is 0 Å². The van der Waals surface area contributed by atoms with E-state index in [9.17, 15) is 47.4 Å². The molecule has 0 unspecified atom stereocenters. The number of hydrogen-bond donors (Lipinski definition) is 3.